The van der Waals surface area contributed by atoms with Crippen LogP contribution >= 0.6 is 34.8 Å². The number of aliphatic imine (C=N–C) groups is 2. The molecule has 3 fully saturated rings. The smallest absolute Gasteiger partial charge is 0.345 e. The van der Waals surface area contributed by atoms with E-state index < -0.39 is 93.6 Å². The number of hydrogen-bond acceptors (Lipinski definition) is 19. The maximum absolute atomic E-state index is 14.1. The molecule has 0 radical (unpaired) electrons. The summed E-state index contributed by atoms with van der Waals surface area (Å²) in [5.41, 5.74) is 18.3. The summed E-state index contributed by atoms with van der Waals surface area (Å²) in [4.78, 5) is 103. The predicted octanol–water partition coefficient (Wildman–Crippen LogP) is 13.5. The summed E-state index contributed by atoms with van der Waals surface area (Å²) in [5, 5.41) is 95.6. The predicted molar refractivity (Wildman–Crippen MR) is 513 cm³/mol. The zero-order chi connectivity index (χ0) is 95.9. The van der Waals surface area contributed by atoms with Crippen molar-refractivity contribution >= 4 is 88.4 Å². The van der Waals surface area contributed by atoms with Gasteiger partial charge in [-0.15, -0.1) is 0 Å². The van der Waals surface area contributed by atoms with E-state index in [4.69, 9.17) is 55.7 Å². The number of aliphatic hydroxyl groups is 4. The van der Waals surface area contributed by atoms with Crippen LogP contribution < -0.4 is 32.3 Å². The summed E-state index contributed by atoms with van der Waals surface area (Å²) >= 11 is 18.2. The number of hydrogen-bond donors (Lipinski definition) is 10. The van der Waals surface area contributed by atoms with Gasteiger partial charge in [0, 0.05) is 137 Å². The topological polar surface area (TPSA) is 416 Å². The van der Waals surface area contributed by atoms with E-state index in [1.165, 1.54) is 14.7 Å². The number of likely N-dealkylation sites (tertiary alicyclic amines) is 3. The molecule has 712 valence electrons. The van der Waals surface area contributed by atoms with Gasteiger partial charge in [-0.2, -0.15) is 0 Å². The molecule has 5 amide bonds. The number of carbonyl (C=O) groups is 7. The molecule has 0 saturated carbocycles. The molecule has 7 aliphatic rings. The first-order chi connectivity index (χ1) is 63.9. The molecule has 3 atom stereocenters. The van der Waals surface area contributed by atoms with Crippen molar-refractivity contribution in [2.75, 3.05) is 19.6 Å². The Morgan fingerprint density at radius 3 is 0.897 bits per heavy atom. The summed E-state index contributed by atoms with van der Waals surface area (Å²) in [6.07, 6.45) is 2.15. The summed E-state index contributed by atoms with van der Waals surface area (Å²) in [7, 11) is 0. The monoisotopic (exact) mass is 1990 g/mol. The van der Waals surface area contributed by atoms with Crippen LogP contribution in [-0.4, -0.2) is 148 Å². The molecule has 0 unspecified atom stereocenters. The SMILES string of the molecule is CC(C)(C)OC([O-])=NCc1ccc(Cl)cc1CN.CC(C)(C)OC([O-])=NCc1ccc(Cl)cc1CNC(=O)[C@@H]1CCCN1C(=O)C1(O)c2ccccc2-c2ccccc21.NCc1ccc(Cl)cc1CNC(=O)[C@@H]1CCCN1C(=O)C1(O)c2ccccc2-c2ccccc21.O=C(O)C1(O)c2ccccc2-c2ccccc21.O=C(O)[C@@H]1CCCN1C(=O)C1(O)c2ccccc2-c2ccccc21.[CH3-].[Pd]. The number of nitrogens with zero attached hydrogens (tertiary/aromatic N) is 5. The molecule has 11 aromatic carbocycles. The molecule has 0 spiro atoms. The van der Waals surface area contributed by atoms with Gasteiger partial charge in [0.1, 0.15) is 30.3 Å². The van der Waals surface area contributed by atoms with Crippen molar-refractivity contribution in [1.82, 2.24) is 25.3 Å². The fourth-order valence-electron chi connectivity index (χ4n) is 18.5. The zero-order valence-corrected chi connectivity index (χ0v) is 79.8. The van der Waals surface area contributed by atoms with Crippen molar-refractivity contribution in [3.63, 3.8) is 0 Å². The zero-order valence-electron chi connectivity index (χ0n) is 76.0. The number of ether oxygens (including phenoxy) is 2. The van der Waals surface area contributed by atoms with Gasteiger partial charge in [-0.05, 0) is 153 Å². The molecule has 3 saturated heterocycles. The van der Waals surface area contributed by atoms with Crippen molar-refractivity contribution in [3.8, 4) is 44.5 Å². The number of rotatable bonds is 17. The quantitative estimate of drug-likeness (QED) is 0.0175. The van der Waals surface area contributed by atoms with Crippen LogP contribution in [0.1, 0.15) is 158 Å². The first-order valence-electron chi connectivity index (χ1n) is 44.1. The third kappa shape index (κ3) is 20.9. The van der Waals surface area contributed by atoms with E-state index >= 15 is 0 Å². The second kappa shape index (κ2) is 42.8. The Hall–Kier alpha value is -12.5. The van der Waals surface area contributed by atoms with Crippen molar-refractivity contribution < 1.29 is 104 Å². The summed E-state index contributed by atoms with van der Waals surface area (Å²) in [6, 6.07) is 71.8. The van der Waals surface area contributed by atoms with E-state index in [9.17, 15) is 74.4 Å². The number of halogens is 3. The first kappa shape index (κ1) is 102. The van der Waals surface area contributed by atoms with Crippen LogP contribution in [0.4, 0.5) is 0 Å². The summed E-state index contributed by atoms with van der Waals surface area (Å²) < 4.78 is 10.4. The molecular weight excluding hydrogens is 1880 g/mol. The van der Waals surface area contributed by atoms with Crippen LogP contribution in [0, 0.1) is 7.43 Å². The van der Waals surface area contributed by atoms with Crippen LogP contribution in [0.2, 0.25) is 15.1 Å². The molecule has 136 heavy (non-hydrogen) atoms. The molecule has 0 bridgehead atoms. The maximum atomic E-state index is 14.1. The second-order valence-electron chi connectivity index (χ2n) is 35.5. The van der Waals surface area contributed by atoms with Crippen LogP contribution in [0.5, 0.6) is 0 Å². The van der Waals surface area contributed by atoms with E-state index in [0.717, 1.165) is 66.8 Å². The van der Waals surface area contributed by atoms with Crippen molar-refractivity contribution in [2.24, 2.45) is 21.5 Å². The van der Waals surface area contributed by atoms with Gasteiger partial charge in [-0.3, -0.25) is 34.0 Å². The first-order valence-corrected chi connectivity index (χ1v) is 45.2. The number of amides is 5. The Labute approximate surface area is 818 Å². The molecule has 30 heteroatoms. The van der Waals surface area contributed by atoms with Crippen LogP contribution in [0.25, 0.3) is 44.5 Å². The minimum absolute atomic E-state index is 0. The second-order valence-corrected chi connectivity index (χ2v) is 36.8. The van der Waals surface area contributed by atoms with Gasteiger partial charge < -0.3 is 94.6 Å². The Morgan fingerprint density at radius 1 is 0.382 bits per heavy atom. The van der Waals surface area contributed by atoms with E-state index in [2.05, 4.69) is 20.6 Å². The minimum atomic E-state index is -1.92. The Morgan fingerprint density at radius 2 is 0.625 bits per heavy atom. The summed E-state index contributed by atoms with van der Waals surface area (Å²) in [6.45, 7) is 13.2. The molecule has 3 aliphatic heterocycles. The third-order valence-electron chi connectivity index (χ3n) is 24.8. The van der Waals surface area contributed by atoms with Crippen molar-refractivity contribution in [2.45, 2.75) is 171 Å². The normalized spacial score (nSPS) is 17.0. The number of nitrogens with two attached hydrogens (primary N) is 2. The number of fused-ring (bicyclic) bond motifs is 12. The molecule has 26 nitrogen and oxygen atoms in total. The Bertz CT molecular complexity index is 6210. The number of nitrogens with one attached hydrogen (secondary N) is 2. The molecule has 3 heterocycles. The number of carboxylic acids is 2. The number of benzene rings is 11. The number of carbonyl (C=O) groups excluding carboxylic acids is 5. The van der Waals surface area contributed by atoms with E-state index in [1.54, 1.807) is 169 Å². The number of aliphatic carboxylic acids is 2. The molecule has 12 N–H and O–H groups in total. The third-order valence-corrected chi connectivity index (χ3v) is 25.5. The van der Waals surface area contributed by atoms with Crippen LogP contribution in [0.15, 0.2) is 259 Å². The molecule has 11 aromatic rings. The molecule has 4 aliphatic carbocycles. The largest absolute Gasteiger partial charge is 0.595 e. The van der Waals surface area contributed by atoms with Gasteiger partial charge in [0.05, 0.1) is 13.1 Å². The van der Waals surface area contributed by atoms with Crippen LogP contribution in [0.3, 0.4) is 0 Å². The van der Waals surface area contributed by atoms with Gasteiger partial charge in [0.15, 0.2) is 16.8 Å². The van der Waals surface area contributed by atoms with Crippen molar-refractivity contribution in [3.05, 3.63) is 349 Å². The van der Waals surface area contributed by atoms with Gasteiger partial charge in [0.25, 0.3) is 17.7 Å². The van der Waals surface area contributed by atoms with Gasteiger partial charge in [0.2, 0.25) is 17.4 Å². The van der Waals surface area contributed by atoms with Crippen molar-refractivity contribution in [1.29, 1.82) is 0 Å². The molecule has 0 aromatic heterocycles. The fourth-order valence-corrected chi connectivity index (χ4v) is 19.1. The standard InChI is InChI=1S/C32H34ClN3O5.C27H26ClN3O3.C19H17NO4.C14H10O3.C13H19ClN2O2.CH3.Pd/c1-31(2,3)41-30(39)35-18-20-14-15-22(33)17-21(20)19-34-28(37)27-13-8-16-36(27)29(38)32(40)25-11-6-4-9-23(25)24-10-5-7-12-26(24)32;28-19-12-11-17(15-29)18(14-19)16-30-25(32)24-10-5-13-31(24)26(33)27(34)22-8-3-1-6-20(22)21-7-2-4-9-23(21)27;21-17(22)16-10-5-11-20(16)18(23)19(24)14-8-3-1-6-12(14)13-7-2-4-9-15(13)19;15-13(16)14(17)11-7-3-1-5-9(11)10-6-2-4-8-12(10)14;1-13(2,3)18-12(17)16-8-9-4-5-11(14)6-10(9)7-15;;/h4-7,9-12,14-15,17,27,40H,8,13,16,18-19H2,1-3H3,(H,34,37)(H,35,39);1-4,6-9,11-12,14,24,34H,5,10,13,15-16,29H2,(H,30,32);1-4,6-9,16,24H,5,10-11H2,(H,21,22);1-8,17H,(H,15,16);4-6H,7-8,15H2,1-3H3,(H,16,17);1H3;/q;;;;;-1;/p-2/t27-;24-;16-;;;;/m000..../s1. The minimum Gasteiger partial charge on any atom is -0.595 e. The van der Waals surface area contributed by atoms with Crippen LogP contribution in [-0.2, 0) is 125 Å². The van der Waals surface area contributed by atoms with Gasteiger partial charge >= 0.3 is 11.9 Å². The summed E-state index contributed by atoms with van der Waals surface area (Å²) in [5.74, 6) is -4.37. The molecule has 18 rings (SSSR count). The Balaban J connectivity index is 0.000000158. The average Bonchev–Trinajstić information content (AvgIpc) is 1.58. The number of carboxylic acid groups (broad SMARTS) is 2. The fraction of sp³-hybridized carbons (Fsp3) is 0.283. The molecular formula is C106H107Cl3N9O17Pd-3. The van der Waals surface area contributed by atoms with E-state index in [-0.39, 0.29) is 65.8 Å². The Kier molecular flexibility index (Phi) is 32.3. The van der Waals surface area contributed by atoms with E-state index in [0.29, 0.717) is 142 Å². The van der Waals surface area contributed by atoms with Gasteiger partial charge in [-0.25, -0.2) is 9.59 Å². The van der Waals surface area contributed by atoms with Gasteiger partial charge in [-0.1, -0.05) is 289 Å². The average molecular weight is 1990 g/mol. The maximum Gasteiger partial charge on any atom is 0.345 e. The van der Waals surface area contributed by atoms with E-state index in [1.807, 2.05) is 121 Å².